The molecule has 6 aromatic rings. The third-order valence-electron chi connectivity index (χ3n) is 10.9. The Morgan fingerprint density at radius 3 is 1.37 bits per heavy atom. The molecule has 0 bridgehead atoms. The molecule has 2 aliphatic heterocycles. The highest BCUT2D eigenvalue weighted by molar-refractivity contribution is 6.00. The zero-order chi connectivity index (χ0) is 48.2. The number of esters is 1. The standard InChI is InChI=1S/C24H21F3N2O5.C23H19F3N2O5/c1-33-23(32)15-7-5-14(6-8-15)21-19(16-3-2-4-18(11-16)34-24(25,26)27)12-20-22(31)28-13-17(9-10-30)29(20)21;24-23(25,26)33-17-3-1-2-15(10-17)18-11-19-21(30)27-12-16(8-9-29)28(19)20(18)13-4-6-14(7-5-13)22(31)32/h2-8,11-12,17,30H,9-10,13H2,1H3,(H,28,31);1-7,10-11,16,29H,8-9,12H2,(H,27,30)(H,31,32). The number of carbonyl (C=O) groups excluding carboxylic acids is 3. The molecular weight excluding hydrogens is 895 g/mol. The number of rotatable bonds is 12. The van der Waals surface area contributed by atoms with Crippen molar-refractivity contribution in [2.45, 2.75) is 37.7 Å². The summed E-state index contributed by atoms with van der Waals surface area (Å²) in [6.07, 6.45) is -9.03. The third-order valence-corrected chi connectivity index (χ3v) is 10.9. The molecule has 0 spiro atoms. The third kappa shape index (κ3) is 10.6. The van der Waals surface area contributed by atoms with Gasteiger partial charge < -0.3 is 49.3 Å². The minimum absolute atomic E-state index is 0.0657. The minimum Gasteiger partial charge on any atom is -0.478 e. The highest BCUT2D eigenvalue weighted by atomic mass is 19.4. The number of alkyl halides is 6. The van der Waals surface area contributed by atoms with Crippen molar-refractivity contribution < 1.29 is 75.1 Å². The SMILES string of the molecule is COC(=O)c1ccc(-c2c(-c3cccc(OC(F)(F)F)c3)cc3n2C(CCO)CNC3=O)cc1.O=C(O)c1ccc(-c2c(-c3cccc(OC(F)(F)F)c3)cc3n2C(CCO)CNC3=O)cc1. The summed E-state index contributed by atoms with van der Waals surface area (Å²) in [7, 11) is 1.27. The summed E-state index contributed by atoms with van der Waals surface area (Å²) in [6.45, 7) is 0.284. The topological polar surface area (TPSA) is 191 Å². The second-order valence-electron chi connectivity index (χ2n) is 15.2. The maximum absolute atomic E-state index is 12.8. The highest BCUT2D eigenvalue weighted by Crippen LogP contribution is 2.43. The van der Waals surface area contributed by atoms with Crippen LogP contribution in [0, 0.1) is 0 Å². The van der Waals surface area contributed by atoms with Crippen LogP contribution in [0.1, 0.15) is 66.6 Å². The van der Waals surface area contributed by atoms with Crippen LogP contribution in [0.15, 0.2) is 109 Å². The number of benzene rings is 4. The van der Waals surface area contributed by atoms with E-state index < -0.39 is 36.2 Å². The second-order valence-corrected chi connectivity index (χ2v) is 15.2. The van der Waals surface area contributed by atoms with Crippen molar-refractivity contribution >= 4 is 23.8 Å². The van der Waals surface area contributed by atoms with Gasteiger partial charge in [0.25, 0.3) is 11.8 Å². The van der Waals surface area contributed by atoms with Gasteiger partial charge in [-0.3, -0.25) is 9.59 Å². The summed E-state index contributed by atoms with van der Waals surface area (Å²) in [5.41, 5.74) is 5.06. The molecule has 8 rings (SSSR count). The van der Waals surface area contributed by atoms with Crippen LogP contribution >= 0.6 is 0 Å². The normalized spacial score (nSPS) is 15.5. The quantitative estimate of drug-likeness (QED) is 0.0590. The first-order chi connectivity index (χ1) is 31.9. The Hall–Kier alpha value is -7.58. The monoisotopic (exact) mass is 934 g/mol. The Morgan fingerprint density at radius 1 is 0.612 bits per heavy atom. The predicted octanol–water partition coefficient (Wildman–Crippen LogP) is 8.26. The minimum atomic E-state index is -4.86. The van der Waals surface area contributed by atoms with E-state index in [2.05, 4.69) is 20.1 Å². The zero-order valence-corrected chi connectivity index (χ0v) is 35.2. The summed E-state index contributed by atoms with van der Waals surface area (Å²) < 4.78 is 93.0. The smallest absolute Gasteiger partial charge is 0.478 e. The Kier molecular flexibility index (Phi) is 13.8. The lowest BCUT2D eigenvalue weighted by atomic mass is 9.99. The summed E-state index contributed by atoms with van der Waals surface area (Å²) in [6, 6.07) is 26.0. The molecule has 4 aromatic carbocycles. The van der Waals surface area contributed by atoms with Crippen molar-refractivity contribution in [1.29, 1.82) is 0 Å². The van der Waals surface area contributed by atoms with Crippen molar-refractivity contribution in [2.75, 3.05) is 33.4 Å². The lowest BCUT2D eigenvalue weighted by molar-refractivity contribution is -0.275. The molecule has 2 unspecified atom stereocenters. The fraction of sp³-hybridized carbons (Fsp3) is 0.234. The van der Waals surface area contributed by atoms with Crippen LogP contribution < -0.4 is 20.1 Å². The number of nitrogens with one attached hydrogen (secondary N) is 2. The fourth-order valence-electron chi connectivity index (χ4n) is 8.11. The average Bonchev–Trinajstić information content (AvgIpc) is 3.90. The molecule has 0 saturated heterocycles. The van der Waals surface area contributed by atoms with E-state index in [0.717, 1.165) is 0 Å². The summed E-state index contributed by atoms with van der Waals surface area (Å²) >= 11 is 0. The number of hydrogen-bond donors (Lipinski definition) is 5. The van der Waals surface area contributed by atoms with Crippen LogP contribution in [-0.2, 0) is 4.74 Å². The van der Waals surface area contributed by atoms with E-state index >= 15 is 0 Å². The lowest BCUT2D eigenvalue weighted by Crippen LogP contribution is -2.39. The molecule has 2 atom stereocenters. The number of ether oxygens (including phenoxy) is 3. The van der Waals surface area contributed by atoms with Crippen molar-refractivity contribution in [2.24, 2.45) is 0 Å². The molecular formula is C47H40F6N4O10. The van der Waals surface area contributed by atoms with E-state index in [0.29, 0.717) is 68.9 Å². The number of aliphatic hydroxyl groups excluding tert-OH is 2. The zero-order valence-electron chi connectivity index (χ0n) is 35.2. The number of carboxylic acids is 1. The van der Waals surface area contributed by atoms with Gasteiger partial charge in [0.1, 0.15) is 22.9 Å². The van der Waals surface area contributed by atoms with Gasteiger partial charge in [-0.2, -0.15) is 0 Å². The molecule has 0 aliphatic carbocycles. The van der Waals surface area contributed by atoms with Gasteiger partial charge in [-0.25, -0.2) is 9.59 Å². The van der Waals surface area contributed by atoms with Crippen LogP contribution in [0.5, 0.6) is 11.5 Å². The van der Waals surface area contributed by atoms with E-state index in [9.17, 15) is 60.8 Å². The Bertz CT molecular complexity index is 2800. The lowest BCUT2D eigenvalue weighted by Gasteiger charge is -2.28. The van der Waals surface area contributed by atoms with Gasteiger partial charge in [-0.1, -0.05) is 48.5 Å². The first-order valence-corrected chi connectivity index (χ1v) is 20.4. The summed E-state index contributed by atoms with van der Waals surface area (Å²) in [4.78, 5) is 48.4. The van der Waals surface area contributed by atoms with Crippen molar-refractivity contribution in [3.8, 4) is 56.3 Å². The number of carboxylic acid groups (broad SMARTS) is 1. The maximum Gasteiger partial charge on any atom is 0.573 e. The van der Waals surface area contributed by atoms with Crippen molar-refractivity contribution in [3.05, 3.63) is 132 Å². The molecule has 2 aromatic heterocycles. The molecule has 2 aliphatic rings. The predicted molar refractivity (Wildman–Crippen MR) is 228 cm³/mol. The van der Waals surface area contributed by atoms with E-state index in [4.69, 9.17) is 4.74 Å². The number of aliphatic hydroxyl groups is 2. The number of amides is 2. The van der Waals surface area contributed by atoms with Crippen molar-refractivity contribution in [3.63, 3.8) is 0 Å². The number of carbonyl (C=O) groups is 4. The Morgan fingerprint density at radius 2 is 1.01 bits per heavy atom. The molecule has 0 radical (unpaired) electrons. The molecule has 14 nitrogen and oxygen atoms in total. The van der Waals surface area contributed by atoms with Crippen LogP contribution in [0.2, 0.25) is 0 Å². The van der Waals surface area contributed by atoms with Crippen LogP contribution in [0.25, 0.3) is 44.8 Å². The molecule has 0 fully saturated rings. The van der Waals surface area contributed by atoms with E-state index in [-0.39, 0.29) is 61.5 Å². The summed E-state index contributed by atoms with van der Waals surface area (Å²) in [5.74, 6) is -3.12. The van der Waals surface area contributed by atoms with Gasteiger partial charge in [0.05, 0.1) is 41.7 Å². The summed E-state index contributed by atoms with van der Waals surface area (Å²) in [5, 5.41) is 33.8. The Labute approximate surface area is 376 Å². The second kappa shape index (κ2) is 19.5. The van der Waals surface area contributed by atoms with Gasteiger partial charge in [0.15, 0.2) is 0 Å². The van der Waals surface area contributed by atoms with Crippen LogP contribution in [0.4, 0.5) is 26.3 Å². The molecule has 350 valence electrons. The van der Waals surface area contributed by atoms with Crippen LogP contribution in [0.3, 0.4) is 0 Å². The first-order valence-electron chi connectivity index (χ1n) is 20.4. The van der Waals surface area contributed by atoms with Gasteiger partial charge in [0.2, 0.25) is 0 Å². The molecule has 20 heteroatoms. The van der Waals surface area contributed by atoms with Crippen LogP contribution in [-0.4, -0.2) is 94.3 Å². The molecule has 4 heterocycles. The van der Waals surface area contributed by atoms with Gasteiger partial charge in [0, 0.05) is 37.4 Å². The Balaban J connectivity index is 0.000000199. The van der Waals surface area contributed by atoms with Crippen molar-refractivity contribution in [1.82, 2.24) is 19.8 Å². The fourth-order valence-corrected chi connectivity index (χ4v) is 8.11. The average molecular weight is 935 g/mol. The molecule has 2 amide bonds. The number of aromatic carboxylic acids is 1. The number of aromatic nitrogens is 2. The van der Waals surface area contributed by atoms with Gasteiger partial charge >= 0.3 is 24.7 Å². The number of hydrogen-bond acceptors (Lipinski definition) is 9. The molecule has 67 heavy (non-hydrogen) atoms. The van der Waals surface area contributed by atoms with E-state index in [1.54, 1.807) is 69.8 Å². The molecule has 5 N–H and O–H groups in total. The van der Waals surface area contributed by atoms with E-state index in [1.165, 1.54) is 55.6 Å². The number of halogens is 6. The number of fused-ring (bicyclic) bond motifs is 2. The van der Waals surface area contributed by atoms with E-state index in [1.807, 2.05) is 0 Å². The highest BCUT2D eigenvalue weighted by Gasteiger charge is 2.35. The first kappa shape index (κ1) is 47.4. The molecule has 0 saturated carbocycles. The van der Waals surface area contributed by atoms with Gasteiger partial charge in [-0.05, 0) is 95.8 Å². The van der Waals surface area contributed by atoms with Gasteiger partial charge in [-0.15, -0.1) is 26.3 Å². The largest absolute Gasteiger partial charge is 0.573 e. The maximum atomic E-state index is 12.8. The number of nitrogens with zero attached hydrogens (tertiary/aromatic N) is 2. The number of methoxy groups -OCH3 is 1.